The molecule has 1 aliphatic carbocycles. The highest BCUT2D eigenvalue weighted by Gasteiger charge is 2.22. The maximum Gasteiger partial charge on any atom is 0.137 e. The highest BCUT2D eigenvalue weighted by atomic mass is 16.5. The number of ether oxygens (including phenoxy) is 1. The van der Waals surface area contributed by atoms with Crippen molar-refractivity contribution in [3.63, 3.8) is 0 Å². The number of rotatable bonds is 5. The van der Waals surface area contributed by atoms with Crippen LogP contribution in [0.2, 0.25) is 0 Å². The Hall–Kier alpha value is -1.13. The van der Waals surface area contributed by atoms with Gasteiger partial charge in [-0.2, -0.15) is 0 Å². The van der Waals surface area contributed by atoms with Gasteiger partial charge in [0.15, 0.2) is 0 Å². The second kappa shape index (κ2) is 6.87. The molecular formula is C15H24N2O2. The zero-order valence-corrected chi connectivity index (χ0v) is 11.9. The number of hydrogen-bond donors (Lipinski definition) is 1. The molecule has 1 N–H and O–H groups in total. The lowest BCUT2D eigenvalue weighted by Gasteiger charge is -2.33. The van der Waals surface area contributed by atoms with E-state index in [1.165, 1.54) is 5.56 Å². The largest absolute Gasteiger partial charge is 0.492 e. The number of aliphatic hydroxyl groups excluding tert-OH is 1. The molecule has 1 aliphatic rings. The molecule has 0 spiro atoms. The Bertz CT molecular complexity index is 389. The van der Waals surface area contributed by atoms with Gasteiger partial charge in [-0.15, -0.1) is 0 Å². The molecule has 4 nitrogen and oxygen atoms in total. The van der Waals surface area contributed by atoms with Crippen LogP contribution < -0.4 is 4.74 Å². The average molecular weight is 264 g/mol. The smallest absolute Gasteiger partial charge is 0.137 e. The van der Waals surface area contributed by atoms with Crippen molar-refractivity contribution < 1.29 is 9.84 Å². The Balaban J connectivity index is 1.90. The second-order valence-corrected chi connectivity index (χ2v) is 5.34. The quantitative estimate of drug-likeness (QED) is 0.885. The van der Waals surface area contributed by atoms with Crippen molar-refractivity contribution in [2.75, 3.05) is 13.7 Å². The molecule has 2 rings (SSSR count). The molecule has 1 aromatic heterocycles. The predicted octanol–water partition coefficient (Wildman–Crippen LogP) is 2.22. The lowest BCUT2D eigenvalue weighted by Crippen LogP contribution is -2.35. The predicted molar refractivity (Wildman–Crippen MR) is 75.1 cm³/mol. The third-order valence-corrected chi connectivity index (χ3v) is 3.80. The van der Waals surface area contributed by atoms with Crippen molar-refractivity contribution in [1.29, 1.82) is 0 Å². The van der Waals surface area contributed by atoms with Gasteiger partial charge >= 0.3 is 0 Å². The minimum absolute atomic E-state index is 0.0902. The van der Waals surface area contributed by atoms with Crippen LogP contribution in [0, 0.1) is 0 Å². The van der Waals surface area contributed by atoms with Crippen LogP contribution in [-0.4, -0.2) is 40.8 Å². The normalized spacial score (nSPS) is 23.6. The minimum atomic E-state index is -0.0902. The van der Waals surface area contributed by atoms with Crippen molar-refractivity contribution >= 4 is 0 Å². The summed E-state index contributed by atoms with van der Waals surface area (Å²) in [7, 11) is 2.15. The summed E-state index contributed by atoms with van der Waals surface area (Å²) in [6.07, 6.45) is 7.57. The van der Waals surface area contributed by atoms with Gasteiger partial charge in [0.1, 0.15) is 5.75 Å². The molecule has 1 heterocycles. The first kappa shape index (κ1) is 14.3. The van der Waals surface area contributed by atoms with Crippen molar-refractivity contribution in [1.82, 2.24) is 9.88 Å². The second-order valence-electron chi connectivity index (χ2n) is 5.34. The molecule has 4 heteroatoms. The Morgan fingerprint density at radius 1 is 1.32 bits per heavy atom. The van der Waals surface area contributed by atoms with E-state index in [1.807, 2.05) is 13.1 Å². The van der Waals surface area contributed by atoms with Crippen molar-refractivity contribution in [3.05, 3.63) is 24.0 Å². The van der Waals surface area contributed by atoms with Gasteiger partial charge in [0.2, 0.25) is 0 Å². The van der Waals surface area contributed by atoms with Gasteiger partial charge in [-0.3, -0.25) is 9.88 Å². The van der Waals surface area contributed by atoms with Crippen LogP contribution in [0.5, 0.6) is 5.75 Å². The highest BCUT2D eigenvalue weighted by Crippen LogP contribution is 2.23. The number of pyridine rings is 1. The van der Waals surface area contributed by atoms with Crippen LogP contribution in [0.1, 0.15) is 38.2 Å². The fourth-order valence-electron chi connectivity index (χ4n) is 2.71. The Kier molecular flexibility index (Phi) is 5.16. The third-order valence-electron chi connectivity index (χ3n) is 3.80. The van der Waals surface area contributed by atoms with Gasteiger partial charge in [0.05, 0.1) is 18.9 Å². The zero-order chi connectivity index (χ0) is 13.7. The van der Waals surface area contributed by atoms with Crippen LogP contribution in [0.3, 0.4) is 0 Å². The maximum atomic E-state index is 9.55. The first-order valence-corrected chi connectivity index (χ1v) is 7.14. The van der Waals surface area contributed by atoms with Crippen LogP contribution in [0.25, 0.3) is 0 Å². The highest BCUT2D eigenvalue weighted by molar-refractivity contribution is 5.23. The van der Waals surface area contributed by atoms with Crippen LogP contribution in [0.4, 0.5) is 0 Å². The lowest BCUT2D eigenvalue weighted by molar-refractivity contribution is 0.0817. The number of aromatic nitrogens is 1. The van der Waals surface area contributed by atoms with Crippen molar-refractivity contribution in [2.45, 2.75) is 51.3 Å². The van der Waals surface area contributed by atoms with Crippen molar-refractivity contribution in [3.8, 4) is 5.75 Å². The summed E-state index contributed by atoms with van der Waals surface area (Å²) in [6.45, 7) is 3.53. The minimum Gasteiger partial charge on any atom is -0.492 e. The summed E-state index contributed by atoms with van der Waals surface area (Å²) >= 11 is 0. The summed E-state index contributed by atoms with van der Waals surface area (Å²) in [5.74, 6) is 0.840. The van der Waals surface area contributed by atoms with E-state index in [0.717, 1.165) is 38.0 Å². The Labute approximate surface area is 115 Å². The third kappa shape index (κ3) is 4.18. The molecule has 0 amide bonds. The molecule has 1 aromatic rings. The van der Waals surface area contributed by atoms with Crippen LogP contribution >= 0.6 is 0 Å². The Morgan fingerprint density at radius 2 is 2.05 bits per heavy atom. The molecule has 1 fully saturated rings. The van der Waals surface area contributed by atoms with Gasteiger partial charge in [0, 0.05) is 18.8 Å². The first-order chi connectivity index (χ1) is 9.19. The van der Waals surface area contributed by atoms with E-state index in [-0.39, 0.29) is 6.10 Å². The number of nitrogens with zero attached hydrogens (tertiary/aromatic N) is 2. The fourth-order valence-corrected chi connectivity index (χ4v) is 2.71. The van der Waals surface area contributed by atoms with Gasteiger partial charge in [-0.1, -0.05) is 0 Å². The molecule has 0 aromatic carbocycles. The summed E-state index contributed by atoms with van der Waals surface area (Å²) in [5, 5.41) is 9.55. The van der Waals surface area contributed by atoms with E-state index in [1.54, 1.807) is 6.20 Å². The molecule has 106 valence electrons. The molecular weight excluding hydrogens is 240 g/mol. The molecule has 19 heavy (non-hydrogen) atoms. The number of aliphatic hydroxyl groups is 1. The molecule has 0 aliphatic heterocycles. The van der Waals surface area contributed by atoms with E-state index >= 15 is 0 Å². The molecule has 0 saturated heterocycles. The molecule has 0 radical (unpaired) electrons. The summed E-state index contributed by atoms with van der Waals surface area (Å²) in [4.78, 5) is 6.58. The van der Waals surface area contributed by atoms with Crippen LogP contribution in [-0.2, 0) is 6.54 Å². The summed E-state index contributed by atoms with van der Waals surface area (Å²) in [5.41, 5.74) is 1.18. The molecule has 0 unspecified atom stereocenters. The first-order valence-electron chi connectivity index (χ1n) is 7.14. The van der Waals surface area contributed by atoms with Gasteiger partial charge < -0.3 is 9.84 Å². The Morgan fingerprint density at radius 3 is 2.74 bits per heavy atom. The van der Waals surface area contributed by atoms with E-state index in [0.29, 0.717) is 12.6 Å². The topological polar surface area (TPSA) is 45.6 Å². The van der Waals surface area contributed by atoms with Gasteiger partial charge in [-0.05, 0) is 51.3 Å². The molecule has 0 atom stereocenters. The average Bonchev–Trinajstić information content (AvgIpc) is 2.40. The van der Waals surface area contributed by atoms with Crippen LogP contribution in [0.15, 0.2) is 18.5 Å². The maximum absolute atomic E-state index is 9.55. The summed E-state index contributed by atoms with van der Waals surface area (Å²) in [6, 6.07) is 2.63. The fraction of sp³-hybridized carbons (Fsp3) is 0.667. The summed E-state index contributed by atoms with van der Waals surface area (Å²) < 4.78 is 5.47. The molecule has 0 bridgehead atoms. The standard InChI is InChI=1S/C15H24N2O2/c1-3-19-15-8-12(9-16-10-15)11-17(2)13-4-6-14(18)7-5-13/h8-10,13-14,18H,3-7,11H2,1-2H3. The van der Waals surface area contributed by atoms with E-state index in [4.69, 9.17) is 4.74 Å². The zero-order valence-electron chi connectivity index (χ0n) is 11.9. The van der Waals surface area contributed by atoms with E-state index < -0.39 is 0 Å². The van der Waals surface area contributed by atoms with Gasteiger partial charge in [-0.25, -0.2) is 0 Å². The van der Waals surface area contributed by atoms with Gasteiger partial charge in [0.25, 0.3) is 0 Å². The van der Waals surface area contributed by atoms with Crippen molar-refractivity contribution in [2.24, 2.45) is 0 Å². The van der Waals surface area contributed by atoms with E-state index in [9.17, 15) is 5.11 Å². The SMILES string of the molecule is CCOc1cncc(CN(C)C2CCC(O)CC2)c1. The molecule has 1 saturated carbocycles. The number of hydrogen-bond acceptors (Lipinski definition) is 4. The van der Waals surface area contributed by atoms with E-state index in [2.05, 4.69) is 23.0 Å². The monoisotopic (exact) mass is 264 g/mol. The lowest BCUT2D eigenvalue weighted by atomic mass is 9.92.